The Bertz CT molecular complexity index is 282. The molecule has 2 heteroatoms. The minimum absolute atomic E-state index is 0.187. The Morgan fingerprint density at radius 2 is 2.00 bits per heavy atom. The Morgan fingerprint density at radius 1 is 1.36 bits per heavy atom. The maximum Gasteiger partial charge on any atom is 0.219 e. The summed E-state index contributed by atoms with van der Waals surface area (Å²) in [5, 5.41) is 0.610. The highest BCUT2D eigenvalue weighted by Crippen LogP contribution is 2.20. The molecule has 1 nitrogen and oxygen atoms in total. The Kier molecular flexibility index (Phi) is 4.74. The van der Waals surface area contributed by atoms with Gasteiger partial charge in [0.15, 0.2) is 0 Å². The van der Waals surface area contributed by atoms with E-state index >= 15 is 0 Å². The fourth-order valence-corrected chi connectivity index (χ4v) is 2.28. The summed E-state index contributed by atoms with van der Waals surface area (Å²) in [7, 11) is 0. The van der Waals surface area contributed by atoms with Crippen LogP contribution in [0.4, 0.5) is 0 Å². The minimum atomic E-state index is 0.187. The van der Waals surface area contributed by atoms with E-state index in [9.17, 15) is 4.79 Å². The third kappa shape index (κ3) is 3.54. The van der Waals surface area contributed by atoms with Crippen LogP contribution in [0.2, 0.25) is 0 Å². The summed E-state index contributed by atoms with van der Waals surface area (Å²) in [5.41, 5.74) is 0.806. The first-order valence-corrected chi connectivity index (χ1v) is 5.88. The standard InChI is InChI=1S/C12H16OS/c1-3-7-10(2)14-12(13)11-8-5-4-6-9-11/h4-6,8-10H,3,7H2,1-2H3. The molecule has 0 saturated heterocycles. The third-order valence-electron chi connectivity index (χ3n) is 2.01. The average Bonchev–Trinajstić information content (AvgIpc) is 2.19. The molecule has 0 aromatic heterocycles. The lowest BCUT2D eigenvalue weighted by molar-refractivity contribution is 0.108. The highest BCUT2D eigenvalue weighted by molar-refractivity contribution is 8.14. The van der Waals surface area contributed by atoms with Gasteiger partial charge >= 0.3 is 0 Å². The average molecular weight is 208 g/mol. The minimum Gasteiger partial charge on any atom is -0.282 e. The van der Waals surface area contributed by atoms with Crippen molar-refractivity contribution in [1.29, 1.82) is 0 Å². The summed E-state index contributed by atoms with van der Waals surface area (Å²) in [5.74, 6) is 0. The van der Waals surface area contributed by atoms with Crippen molar-refractivity contribution in [3.05, 3.63) is 35.9 Å². The lowest BCUT2D eigenvalue weighted by Crippen LogP contribution is -2.02. The smallest absolute Gasteiger partial charge is 0.219 e. The molecule has 0 N–H and O–H groups in total. The zero-order valence-corrected chi connectivity index (χ0v) is 9.51. The van der Waals surface area contributed by atoms with Crippen molar-refractivity contribution in [2.75, 3.05) is 0 Å². The van der Waals surface area contributed by atoms with Crippen LogP contribution in [0.3, 0.4) is 0 Å². The van der Waals surface area contributed by atoms with Crippen molar-refractivity contribution >= 4 is 16.9 Å². The molecule has 1 aromatic carbocycles. The van der Waals surface area contributed by atoms with Gasteiger partial charge in [-0.05, 0) is 6.42 Å². The van der Waals surface area contributed by atoms with E-state index < -0.39 is 0 Å². The Balaban J connectivity index is 2.51. The lowest BCUT2D eigenvalue weighted by Gasteiger charge is -2.07. The molecule has 0 fully saturated rings. The van der Waals surface area contributed by atoms with Crippen molar-refractivity contribution in [1.82, 2.24) is 0 Å². The molecule has 14 heavy (non-hydrogen) atoms. The fraction of sp³-hybridized carbons (Fsp3) is 0.417. The zero-order chi connectivity index (χ0) is 10.4. The second-order valence-electron chi connectivity index (χ2n) is 3.37. The molecule has 1 atom stereocenters. The quantitative estimate of drug-likeness (QED) is 0.749. The van der Waals surface area contributed by atoms with E-state index in [1.807, 2.05) is 30.3 Å². The highest BCUT2D eigenvalue weighted by atomic mass is 32.2. The number of carbonyl (C=O) groups is 1. The van der Waals surface area contributed by atoms with E-state index in [-0.39, 0.29) is 5.12 Å². The maximum absolute atomic E-state index is 11.7. The van der Waals surface area contributed by atoms with Gasteiger partial charge in [-0.3, -0.25) is 4.79 Å². The van der Waals surface area contributed by atoms with Crippen LogP contribution in [0.5, 0.6) is 0 Å². The predicted molar refractivity (Wildman–Crippen MR) is 62.7 cm³/mol. The monoisotopic (exact) mass is 208 g/mol. The first-order chi connectivity index (χ1) is 6.74. The van der Waals surface area contributed by atoms with E-state index in [0.717, 1.165) is 18.4 Å². The van der Waals surface area contributed by atoms with Gasteiger partial charge in [0.2, 0.25) is 5.12 Å². The number of carbonyl (C=O) groups excluding carboxylic acids is 1. The van der Waals surface area contributed by atoms with E-state index in [0.29, 0.717) is 5.25 Å². The van der Waals surface area contributed by atoms with Crippen LogP contribution in [0.25, 0.3) is 0 Å². The summed E-state index contributed by atoms with van der Waals surface area (Å²) in [6, 6.07) is 9.47. The molecule has 0 aliphatic carbocycles. The van der Waals surface area contributed by atoms with Gasteiger partial charge in [-0.2, -0.15) is 0 Å². The molecule has 0 amide bonds. The SMILES string of the molecule is CCCC(C)SC(=O)c1ccccc1. The van der Waals surface area contributed by atoms with E-state index in [4.69, 9.17) is 0 Å². The largest absolute Gasteiger partial charge is 0.282 e. The molecule has 0 saturated carbocycles. The van der Waals surface area contributed by atoms with Crippen LogP contribution in [0, 0.1) is 0 Å². The molecule has 1 aromatic rings. The normalized spacial score (nSPS) is 12.4. The Morgan fingerprint density at radius 3 is 2.57 bits per heavy atom. The second kappa shape index (κ2) is 5.86. The molecule has 0 aliphatic heterocycles. The van der Waals surface area contributed by atoms with Crippen LogP contribution in [-0.2, 0) is 0 Å². The summed E-state index contributed by atoms with van der Waals surface area (Å²) in [4.78, 5) is 11.7. The lowest BCUT2D eigenvalue weighted by atomic mass is 10.2. The number of thioether (sulfide) groups is 1. The molecule has 1 unspecified atom stereocenters. The second-order valence-corrected chi connectivity index (χ2v) is 4.78. The van der Waals surface area contributed by atoms with Gasteiger partial charge in [0.1, 0.15) is 0 Å². The summed E-state index contributed by atoms with van der Waals surface area (Å²) in [6.07, 6.45) is 2.24. The summed E-state index contributed by atoms with van der Waals surface area (Å²) < 4.78 is 0. The number of benzene rings is 1. The van der Waals surface area contributed by atoms with Gasteiger partial charge in [0.25, 0.3) is 0 Å². The number of rotatable bonds is 4. The third-order valence-corrected chi connectivity index (χ3v) is 3.10. The van der Waals surface area contributed by atoms with Gasteiger partial charge in [0.05, 0.1) is 0 Å². The van der Waals surface area contributed by atoms with Crippen LogP contribution in [0.15, 0.2) is 30.3 Å². The summed E-state index contributed by atoms with van der Waals surface area (Å²) >= 11 is 1.44. The molecular formula is C12H16OS. The zero-order valence-electron chi connectivity index (χ0n) is 8.69. The van der Waals surface area contributed by atoms with Gasteiger partial charge in [-0.15, -0.1) is 0 Å². The van der Waals surface area contributed by atoms with Crippen LogP contribution in [-0.4, -0.2) is 10.4 Å². The molecule has 0 radical (unpaired) electrons. The molecule has 0 bridgehead atoms. The first kappa shape index (κ1) is 11.3. The van der Waals surface area contributed by atoms with E-state index in [1.54, 1.807) is 0 Å². The topological polar surface area (TPSA) is 17.1 Å². The van der Waals surface area contributed by atoms with Crippen LogP contribution in [0.1, 0.15) is 37.0 Å². The van der Waals surface area contributed by atoms with Crippen molar-refractivity contribution in [2.24, 2.45) is 0 Å². The van der Waals surface area contributed by atoms with Gasteiger partial charge in [-0.25, -0.2) is 0 Å². The first-order valence-electron chi connectivity index (χ1n) is 5.00. The molecule has 0 heterocycles. The van der Waals surface area contributed by atoms with Gasteiger partial charge in [-0.1, -0.05) is 62.4 Å². The van der Waals surface area contributed by atoms with E-state index in [2.05, 4.69) is 13.8 Å². The fourth-order valence-electron chi connectivity index (χ4n) is 1.29. The Hall–Kier alpha value is -0.760. The van der Waals surface area contributed by atoms with Crippen molar-refractivity contribution < 1.29 is 4.79 Å². The summed E-state index contributed by atoms with van der Waals surface area (Å²) in [6.45, 7) is 4.25. The van der Waals surface area contributed by atoms with Gasteiger partial charge in [0, 0.05) is 10.8 Å². The highest BCUT2D eigenvalue weighted by Gasteiger charge is 2.10. The Labute approximate surface area is 89.9 Å². The molecule has 1 rings (SSSR count). The molecule has 0 aliphatic rings. The maximum atomic E-state index is 11.7. The van der Waals surface area contributed by atoms with Crippen molar-refractivity contribution in [3.8, 4) is 0 Å². The molecule has 0 spiro atoms. The number of hydrogen-bond donors (Lipinski definition) is 0. The molecule has 76 valence electrons. The van der Waals surface area contributed by atoms with Crippen molar-refractivity contribution in [3.63, 3.8) is 0 Å². The molecular weight excluding hydrogens is 192 g/mol. The predicted octanol–water partition coefficient (Wildman–Crippen LogP) is 3.75. The van der Waals surface area contributed by atoms with Gasteiger partial charge < -0.3 is 0 Å². The van der Waals surface area contributed by atoms with Crippen molar-refractivity contribution in [2.45, 2.75) is 31.9 Å². The van der Waals surface area contributed by atoms with E-state index in [1.165, 1.54) is 11.8 Å². The van der Waals surface area contributed by atoms with Crippen LogP contribution >= 0.6 is 11.8 Å². The number of hydrogen-bond acceptors (Lipinski definition) is 2. The van der Waals surface area contributed by atoms with Crippen LogP contribution < -0.4 is 0 Å².